The number of benzene rings is 1. The lowest BCUT2D eigenvalue weighted by atomic mass is 9.94. The highest BCUT2D eigenvalue weighted by Crippen LogP contribution is 2.30. The fraction of sp³-hybridized carbons (Fsp3) is 0.273. The molecular weight excluding hydrogens is 176 g/mol. The van der Waals surface area contributed by atoms with E-state index in [4.69, 9.17) is 5.26 Å². The van der Waals surface area contributed by atoms with Crippen molar-refractivity contribution in [1.29, 1.82) is 5.26 Å². The maximum Gasteiger partial charge on any atom is 0.252 e. The molecular formula is C11H10N2O. The van der Waals surface area contributed by atoms with Gasteiger partial charge in [-0.05, 0) is 31.5 Å². The van der Waals surface area contributed by atoms with Crippen LogP contribution in [0.3, 0.4) is 0 Å². The molecule has 14 heavy (non-hydrogen) atoms. The maximum atomic E-state index is 11.5. The van der Waals surface area contributed by atoms with Crippen LogP contribution in [0.1, 0.15) is 35.3 Å². The Labute approximate surface area is 82.4 Å². The van der Waals surface area contributed by atoms with Crippen LogP contribution >= 0.6 is 0 Å². The molecule has 0 fully saturated rings. The van der Waals surface area contributed by atoms with Gasteiger partial charge in [0.2, 0.25) is 0 Å². The number of nitrogens with one attached hydrogen (secondary N) is 1. The number of carbonyl (C=O) groups is 1. The summed E-state index contributed by atoms with van der Waals surface area (Å²) in [6, 6.07) is 7.24. The first-order chi connectivity index (χ1) is 6.54. The van der Waals surface area contributed by atoms with Crippen LogP contribution in [0.25, 0.3) is 0 Å². The minimum atomic E-state index is -0.319. The van der Waals surface area contributed by atoms with E-state index in [1.807, 2.05) is 26.0 Å². The lowest BCUT2D eigenvalue weighted by Crippen LogP contribution is -2.32. The molecule has 70 valence electrons. The molecule has 0 bridgehead atoms. The van der Waals surface area contributed by atoms with Crippen molar-refractivity contribution in [2.75, 3.05) is 0 Å². The highest BCUT2D eigenvalue weighted by atomic mass is 16.2. The predicted molar refractivity (Wildman–Crippen MR) is 51.6 cm³/mol. The molecule has 2 rings (SSSR count). The zero-order chi connectivity index (χ0) is 10.3. The van der Waals surface area contributed by atoms with E-state index >= 15 is 0 Å². The molecule has 1 N–H and O–H groups in total. The molecule has 1 aliphatic rings. The number of nitrogens with zero attached hydrogens (tertiary/aromatic N) is 1. The van der Waals surface area contributed by atoms with E-state index in [0.29, 0.717) is 11.1 Å². The van der Waals surface area contributed by atoms with Gasteiger partial charge in [0.15, 0.2) is 0 Å². The topological polar surface area (TPSA) is 52.9 Å². The molecule has 1 aromatic carbocycles. The van der Waals surface area contributed by atoms with E-state index in [9.17, 15) is 4.79 Å². The quantitative estimate of drug-likeness (QED) is 0.668. The van der Waals surface area contributed by atoms with Gasteiger partial charge in [-0.3, -0.25) is 4.79 Å². The van der Waals surface area contributed by atoms with Crippen molar-refractivity contribution in [3.05, 3.63) is 34.9 Å². The molecule has 0 saturated heterocycles. The number of fused-ring (bicyclic) bond motifs is 1. The molecule has 0 atom stereocenters. The van der Waals surface area contributed by atoms with Crippen LogP contribution in [0.4, 0.5) is 0 Å². The second-order valence-corrected chi connectivity index (χ2v) is 3.95. The second kappa shape index (κ2) is 2.58. The van der Waals surface area contributed by atoms with E-state index < -0.39 is 0 Å². The SMILES string of the molecule is CC1(C)NC(=O)c2cc(C#N)ccc21. The van der Waals surface area contributed by atoms with Crippen LogP contribution < -0.4 is 5.32 Å². The van der Waals surface area contributed by atoms with Crippen molar-refractivity contribution in [3.63, 3.8) is 0 Å². The Bertz CT molecular complexity index is 455. The van der Waals surface area contributed by atoms with Crippen molar-refractivity contribution in [2.45, 2.75) is 19.4 Å². The fourth-order valence-corrected chi connectivity index (χ4v) is 1.77. The summed E-state index contributed by atoms with van der Waals surface area (Å²) in [6.45, 7) is 3.89. The van der Waals surface area contributed by atoms with E-state index in [1.54, 1.807) is 12.1 Å². The van der Waals surface area contributed by atoms with E-state index in [2.05, 4.69) is 5.32 Å². The van der Waals surface area contributed by atoms with Crippen LogP contribution in [0.2, 0.25) is 0 Å². The number of nitriles is 1. The van der Waals surface area contributed by atoms with Crippen LogP contribution in [0.5, 0.6) is 0 Å². The van der Waals surface area contributed by atoms with Crippen LogP contribution in [-0.2, 0) is 5.54 Å². The summed E-state index contributed by atoms with van der Waals surface area (Å²) in [4.78, 5) is 11.5. The number of carbonyl (C=O) groups excluding carboxylic acids is 1. The van der Waals surface area contributed by atoms with Crippen molar-refractivity contribution in [2.24, 2.45) is 0 Å². The molecule has 3 heteroatoms. The molecule has 1 aromatic rings. The number of hydrogen-bond donors (Lipinski definition) is 1. The van der Waals surface area contributed by atoms with E-state index in [1.165, 1.54) is 0 Å². The molecule has 1 aliphatic heterocycles. The average molecular weight is 186 g/mol. The van der Waals surface area contributed by atoms with Gasteiger partial charge in [0.1, 0.15) is 0 Å². The minimum Gasteiger partial charge on any atom is -0.343 e. The Kier molecular flexibility index (Phi) is 1.62. The summed E-state index contributed by atoms with van der Waals surface area (Å²) < 4.78 is 0. The third-order valence-electron chi connectivity index (χ3n) is 2.49. The molecule has 0 spiro atoms. The Balaban J connectivity index is 2.65. The molecule has 0 aromatic heterocycles. The van der Waals surface area contributed by atoms with Gasteiger partial charge in [-0.25, -0.2) is 0 Å². The summed E-state index contributed by atoms with van der Waals surface area (Å²) in [6.07, 6.45) is 0. The molecule has 0 unspecified atom stereocenters. The summed E-state index contributed by atoms with van der Waals surface area (Å²) in [7, 11) is 0. The highest BCUT2D eigenvalue weighted by Gasteiger charge is 2.34. The smallest absolute Gasteiger partial charge is 0.252 e. The van der Waals surface area contributed by atoms with Crippen LogP contribution in [-0.4, -0.2) is 5.91 Å². The average Bonchev–Trinajstić information content (AvgIpc) is 2.37. The third kappa shape index (κ3) is 1.08. The highest BCUT2D eigenvalue weighted by molar-refractivity contribution is 6.00. The van der Waals surface area contributed by atoms with Crippen LogP contribution in [0, 0.1) is 11.3 Å². The molecule has 1 heterocycles. The standard InChI is InChI=1S/C11H10N2O/c1-11(2)9-4-3-7(6-12)5-8(9)10(14)13-11/h3-5H,1-2H3,(H,13,14). The van der Waals surface area contributed by atoms with Crippen molar-refractivity contribution >= 4 is 5.91 Å². The lowest BCUT2D eigenvalue weighted by molar-refractivity contribution is 0.0940. The number of rotatable bonds is 0. The van der Waals surface area contributed by atoms with E-state index in [0.717, 1.165) is 5.56 Å². The zero-order valence-corrected chi connectivity index (χ0v) is 8.09. The van der Waals surface area contributed by atoms with Gasteiger partial charge in [-0.2, -0.15) is 5.26 Å². The van der Waals surface area contributed by atoms with Gasteiger partial charge in [-0.15, -0.1) is 0 Å². The third-order valence-corrected chi connectivity index (χ3v) is 2.49. The minimum absolute atomic E-state index is 0.0953. The van der Waals surface area contributed by atoms with Crippen molar-refractivity contribution in [1.82, 2.24) is 5.32 Å². The molecule has 0 radical (unpaired) electrons. The van der Waals surface area contributed by atoms with Gasteiger partial charge in [0, 0.05) is 5.56 Å². The molecule has 1 amide bonds. The molecule has 0 aliphatic carbocycles. The Morgan fingerprint density at radius 1 is 1.43 bits per heavy atom. The Morgan fingerprint density at radius 3 is 2.79 bits per heavy atom. The first-order valence-electron chi connectivity index (χ1n) is 4.42. The van der Waals surface area contributed by atoms with Gasteiger partial charge in [-0.1, -0.05) is 6.07 Å². The Hall–Kier alpha value is -1.82. The van der Waals surface area contributed by atoms with Gasteiger partial charge < -0.3 is 5.32 Å². The van der Waals surface area contributed by atoms with Gasteiger partial charge >= 0.3 is 0 Å². The Morgan fingerprint density at radius 2 is 2.14 bits per heavy atom. The fourth-order valence-electron chi connectivity index (χ4n) is 1.77. The lowest BCUT2D eigenvalue weighted by Gasteiger charge is -2.18. The largest absolute Gasteiger partial charge is 0.343 e. The van der Waals surface area contributed by atoms with Gasteiger partial charge in [0.25, 0.3) is 5.91 Å². The zero-order valence-electron chi connectivity index (χ0n) is 8.09. The predicted octanol–water partition coefficient (Wildman–Crippen LogP) is 1.54. The van der Waals surface area contributed by atoms with Gasteiger partial charge in [0.05, 0.1) is 17.2 Å². The number of hydrogen-bond acceptors (Lipinski definition) is 2. The van der Waals surface area contributed by atoms with E-state index in [-0.39, 0.29) is 11.4 Å². The van der Waals surface area contributed by atoms with Crippen molar-refractivity contribution in [3.8, 4) is 6.07 Å². The normalized spacial score (nSPS) is 17.1. The second-order valence-electron chi connectivity index (χ2n) is 3.95. The van der Waals surface area contributed by atoms with Crippen molar-refractivity contribution < 1.29 is 4.79 Å². The molecule has 3 nitrogen and oxygen atoms in total. The molecule has 0 saturated carbocycles. The summed E-state index contributed by atoms with van der Waals surface area (Å²) in [5, 5.41) is 11.6. The van der Waals surface area contributed by atoms with Crippen LogP contribution in [0.15, 0.2) is 18.2 Å². The number of amides is 1. The monoisotopic (exact) mass is 186 g/mol. The maximum absolute atomic E-state index is 11.5. The summed E-state index contributed by atoms with van der Waals surface area (Å²) >= 11 is 0. The first-order valence-corrected chi connectivity index (χ1v) is 4.42. The first kappa shape index (κ1) is 8.76. The summed E-state index contributed by atoms with van der Waals surface area (Å²) in [5.74, 6) is -0.0953. The summed E-state index contributed by atoms with van der Waals surface area (Å²) in [5.41, 5.74) is 1.78.